The molecule has 1 aromatic heterocycles. The van der Waals surface area contributed by atoms with E-state index in [2.05, 4.69) is 20.9 Å². The first-order valence-electron chi connectivity index (χ1n) is 7.82. The number of carbonyl (C=O) groups excluding carboxylic acids is 1. The first kappa shape index (κ1) is 16.9. The van der Waals surface area contributed by atoms with Gasteiger partial charge in [-0.3, -0.25) is 9.69 Å². The molecule has 2 heterocycles. The highest BCUT2D eigenvalue weighted by Gasteiger charge is 2.33. The maximum absolute atomic E-state index is 13.3. The topological polar surface area (TPSA) is 32.7 Å². The van der Waals surface area contributed by atoms with Gasteiger partial charge in [0.2, 0.25) is 0 Å². The number of benzene rings is 2. The Balaban J connectivity index is 1.86. The Morgan fingerprint density at radius 2 is 1.81 bits per heavy atom. The molecule has 2 aromatic carbocycles. The fourth-order valence-corrected chi connectivity index (χ4v) is 3.79. The normalized spacial score (nSPS) is 15.6. The number of thiophene rings is 1. The predicted octanol–water partition coefficient (Wildman–Crippen LogP) is 5.48. The molecule has 0 radical (unpaired) electrons. The maximum Gasteiger partial charge on any atom is 0.282 e. The van der Waals surface area contributed by atoms with Crippen LogP contribution >= 0.6 is 27.3 Å². The smallest absolute Gasteiger partial charge is 0.266 e. The van der Waals surface area contributed by atoms with Crippen molar-refractivity contribution in [1.82, 2.24) is 0 Å². The molecule has 0 fully saturated rings. The monoisotopic (exact) mass is 426 g/mol. The van der Waals surface area contributed by atoms with Crippen molar-refractivity contribution in [2.45, 2.75) is 0 Å². The van der Waals surface area contributed by atoms with Crippen LogP contribution in [0.4, 0.5) is 10.1 Å². The van der Waals surface area contributed by atoms with Gasteiger partial charge >= 0.3 is 0 Å². The van der Waals surface area contributed by atoms with Crippen LogP contribution in [0.5, 0.6) is 0 Å². The lowest BCUT2D eigenvalue weighted by atomic mass is 10.1. The highest BCUT2D eigenvalue weighted by Crippen LogP contribution is 2.31. The molecular weight excluding hydrogens is 415 g/mol. The number of nitrogens with zero attached hydrogens (tertiary/aromatic N) is 2. The number of amidine groups is 1. The van der Waals surface area contributed by atoms with Crippen molar-refractivity contribution in [1.29, 1.82) is 0 Å². The Hall–Kier alpha value is -2.57. The minimum Gasteiger partial charge on any atom is -0.266 e. The van der Waals surface area contributed by atoms with E-state index in [-0.39, 0.29) is 11.7 Å². The summed E-state index contributed by atoms with van der Waals surface area (Å²) in [6.07, 6.45) is 1.77. The number of halogens is 2. The number of anilines is 1. The van der Waals surface area contributed by atoms with Gasteiger partial charge in [0, 0.05) is 14.9 Å². The van der Waals surface area contributed by atoms with E-state index in [0.29, 0.717) is 17.2 Å². The highest BCUT2D eigenvalue weighted by atomic mass is 79.9. The predicted molar refractivity (Wildman–Crippen MR) is 107 cm³/mol. The zero-order chi connectivity index (χ0) is 18.1. The minimum atomic E-state index is -0.353. The van der Waals surface area contributed by atoms with Crippen molar-refractivity contribution in [2.24, 2.45) is 4.99 Å². The number of rotatable bonds is 3. The largest absolute Gasteiger partial charge is 0.282 e. The van der Waals surface area contributed by atoms with Gasteiger partial charge in [-0.15, -0.1) is 11.3 Å². The zero-order valence-corrected chi connectivity index (χ0v) is 15.8. The molecular formula is C20H12BrFN2OS. The van der Waals surface area contributed by atoms with Crippen LogP contribution in [-0.4, -0.2) is 11.7 Å². The van der Waals surface area contributed by atoms with E-state index in [0.717, 1.165) is 14.9 Å². The third kappa shape index (κ3) is 3.13. The third-order valence-electron chi connectivity index (χ3n) is 3.88. The lowest BCUT2D eigenvalue weighted by Gasteiger charge is -2.19. The number of carbonyl (C=O) groups is 1. The van der Waals surface area contributed by atoms with Crippen molar-refractivity contribution >= 4 is 50.8 Å². The fraction of sp³-hybridized carbons (Fsp3) is 0. The van der Waals surface area contributed by atoms with Crippen molar-refractivity contribution in [3.05, 3.63) is 92.5 Å². The molecule has 0 saturated heterocycles. The summed E-state index contributed by atoms with van der Waals surface area (Å²) in [6, 6.07) is 17.2. The van der Waals surface area contributed by atoms with E-state index in [9.17, 15) is 9.18 Å². The van der Waals surface area contributed by atoms with Gasteiger partial charge in [-0.25, -0.2) is 9.38 Å². The Morgan fingerprint density at radius 1 is 1.04 bits per heavy atom. The van der Waals surface area contributed by atoms with Crippen LogP contribution < -0.4 is 4.90 Å². The van der Waals surface area contributed by atoms with Crippen LogP contribution in [0, 0.1) is 5.82 Å². The first-order chi connectivity index (χ1) is 12.6. The van der Waals surface area contributed by atoms with E-state index in [1.807, 2.05) is 41.8 Å². The van der Waals surface area contributed by atoms with Gasteiger partial charge in [-0.2, -0.15) is 0 Å². The lowest BCUT2D eigenvalue weighted by molar-refractivity contribution is -0.113. The summed E-state index contributed by atoms with van der Waals surface area (Å²) in [6.45, 7) is 0. The molecule has 6 heteroatoms. The molecule has 1 aliphatic rings. The summed E-state index contributed by atoms with van der Waals surface area (Å²) in [5, 5.41) is 1.95. The van der Waals surface area contributed by atoms with Crippen LogP contribution in [0.1, 0.15) is 10.4 Å². The third-order valence-corrected chi connectivity index (χ3v) is 5.39. The van der Waals surface area contributed by atoms with E-state index in [1.54, 1.807) is 18.2 Å². The molecule has 0 atom stereocenters. The van der Waals surface area contributed by atoms with Gasteiger partial charge in [-0.05, 0) is 47.9 Å². The summed E-state index contributed by atoms with van der Waals surface area (Å²) in [4.78, 5) is 20.1. The van der Waals surface area contributed by atoms with E-state index in [1.165, 1.54) is 28.4 Å². The minimum absolute atomic E-state index is 0.240. The number of amides is 1. The Kier molecular flexibility index (Phi) is 4.53. The lowest BCUT2D eigenvalue weighted by Crippen LogP contribution is -2.32. The van der Waals surface area contributed by atoms with Gasteiger partial charge in [0.05, 0.1) is 5.69 Å². The summed E-state index contributed by atoms with van der Waals surface area (Å²) >= 11 is 5.06. The molecule has 0 saturated carbocycles. The van der Waals surface area contributed by atoms with Gasteiger partial charge in [0.25, 0.3) is 5.91 Å². The van der Waals surface area contributed by atoms with E-state index in [4.69, 9.17) is 0 Å². The molecule has 0 bridgehead atoms. The van der Waals surface area contributed by atoms with Gasteiger partial charge < -0.3 is 0 Å². The van der Waals surface area contributed by atoms with Gasteiger partial charge in [0.1, 0.15) is 17.3 Å². The highest BCUT2D eigenvalue weighted by molar-refractivity contribution is 9.10. The Bertz CT molecular complexity index is 1030. The van der Waals surface area contributed by atoms with Crippen LogP contribution in [0.25, 0.3) is 6.08 Å². The maximum atomic E-state index is 13.3. The van der Waals surface area contributed by atoms with E-state index < -0.39 is 0 Å². The quantitative estimate of drug-likeness (QED) is 0.510. The van der Waals surface area contributed by atoms with Crippen LogP contribution in [-0.2, 0) is 4.79 Å². The number of aliphatic imine (C=N–C) groups is 1. The Labute approximate surface area is 162 Å². The summed E-state index contributed by atoms with van der Waals surface area (Å²) in [5.41, 5.74) is 1.71. The average molecular weight is 427 g/mol. The molecule has 4 rings (SSSR count). The second-order valence-corrected chi connectivity index (χ2v) is 7.41. The summed E-state index contributed by atoms with van der Waals surface area (Å²) in [7, 11) is 0. The van der Waals surface area contributed by atoms with E-state index >= 15 is 0 Å². The second-order valence-electron chi connectivity index (χ2n) is 5.58. The number of hydrogen-bond donors (Lipinski definition) is 0. The molecule has 0 unspecified atom stereocenters. The zero-order valence-electron chi connectivity index (χ0n) is 13.4. The molecule has 0 spiro atoms. The SMILES string of the molecule is O=C1/C(=C\c2cccs2)N=C(c2ccccc2Br)N1c1ccc(F)cc1. The second kappa shape index (κ2) is 6.97. The van der Waals surface area contributed by atoms with Crippen molar-refractivity contribution in [3.63, 3.8) is 0 Å². The van der Waals surface area contributed by atoms with Crippen LogP contribution in [0.15, 0.2) is 81.2 Å². The molecule has 26 heavy (non-hydrogen) atoms. The molecule has 0 aliphatic carbocycles. The summed E-state index contributed by atoms with van der Waals surface area (Å²) < 4.78 is 14.2. The molecule has 3 nitrogen and oxygen atoms in total. The van der Waals surface area contributed by atoms with Crippen molar-refractivity contribution in [2.75, 3.05) is 4.90 Å². The average Bonchev–Trinajstić information content (AvgIpc) is 3.26. The molecule has 128 valence electrons. The van der Waals surface area contributed by atoms with Crippen LogP contribution in [0.3, 0.4) is 0 Å². The molecule has 1 aliphatic heterocycles. The molecule has 3 aromatic rings. The molecule has 1 amide bonds. The molecule has 0 N–H and O–H groups in total. The van der Waals surface area contributed by atoms with Gasteiger partial charge in [-0.1, -0.05) is 40.2 Å². The Morgan fingerprint density at radius 3 is 2.50 bits per heavy atom. The van der Waals surface area contributed by atoms with Crippen molar-refractivity contribution in [3.8, 4) is 0 Å². The van der Waals surface area contributed by atoms with Crippen molar-refractivity contribution < 1.29 is 9.18 Å². The number of hydrogen-bond acceptors (Lipinski definition) is 3. The fourth-order valence-electron chi connectivity index (χ4n) is 2.68. The van der Waals surface area contributed by atoms with Gasteiger partial charge in [0.15, 0.2) is 0 Å². The van der Waals surface area contributed by atoms with Crippen LogP contribution in [0.2, 0.25) is 0 Å². The first-order valence-corrected chi connectivity index (χ1v) is 9.49. The standard InChI is InChI=1S/C20H12BrFN2OS/c21-17-6-2-1-5-16(17)19-23-18(12-15-4-3-11-26-15)20(25)24(19)14-9-7-13(22)8-10-14/h1-12H/b18-12+. The summed E-state index contributed by atoms with van der Waals surface area (Å²) in [5.74, 6) is -0.0817.